The maximum absolute atomic E-state index is 13.0. The monoisotopic (exact) mass is 256 g/mol. The first-order valence-electron chi connectivity index (χ1n) is 6.25. The molecule has 0 aliphatic carbocycles. The summed E-state index contributed by atoms with van der Waals surface area (Å²) in [5.74, 6) is 0.819. The number of halogens is 1. The lowest BCUT2D eigenvalue weighted by atomic mass is 9.88. The SMILES string of the molecule is C=CCC(c1ccc(F)cc1)c1ccc(OC)cc1. The summed E-state index contributed by atoms with van der Waals surface area (Å²) in [6.45, 7) is 3.80. The zero-order valence-electron chi connectivity index (χ0n) is 11.0. The number of methoxy groups -OCH3 is 1. The van der Waals surface area contributed by atoms with E-state index in [0.29, 0.717) is 0 Å². The Labute approximate surface area is 113 Å². The van der Waals surface area contributed by atoms with E-state index in [2.05, 4.69) is 6.58 Å². The summed E-state index contributed by atoms with van der Waals surface area (Å²) >= 11 is 0. The second-order valence-corrected chi connectivity index (χ2v) is 4.40. The Morgan fingerprint density at radius 1 is 1.05 bits per heavy atom. The van der Waals surface area contributed by atoms with Crippen LogP contribution in [0.1, 0.15) is 23.5 Å². The van der Waals surface area contributed by atoms with Crippen LogP contribution in [0.2, 0.25) is 0 Å². The van der Waals surface area contributed by atoms with E-state index in [1.807, 2.05) is 42.5 Å². The van der Waals surface area contributed by atoms with Crippen LogP contribution in [0.4, 0.5) is 4.39 Å². The van der Waals surface area contributed by atoms with Crippen molar-refractivity contribution < 1.29 is 9.13 Å². The Bertz CT molecular complexity index is 528. The van der Waals surface area contributed by atoms with Crippen molar-refractivity contribution in [3.63, 3.8) is 0 Å². The van der Waals surface area contributed by atoms with Crippen molar-refractivity contribution in [2.24, 2.45) is 0 Å². The molecule has 0 saturated carbocycles. The van der Waals surface area contributed by atoms with Crippen LogP contribution in [0.15, 0.2) is 61.2 Å². The van der Waals surface area contributed by atoms with Gasteiger partial charge in [-0.1, -0.05) is 30.3 Å². The first kappa shape index (κ1) is 13.3. The third-order valence-corrected chi connectivity index (χ3v) is 3.19. The molecule has 2 aromatic rings. The van der Waals surface area contributed by atoms with Gasteiger partial charge in [0, 0.05) is 5.92 Å². The predicted molar refractivity (Wildman–Crippen MR) is 76.1 cm³/mol. The van der Waals surface area contributed by atoms with Crippen LogP contribution in [0, 0.1) is 5.82 Å². The molecule has 19 heavy (non-hydrogen) atoms. The van der Waals surface area contributed by atoms with Gasteiger partial charge >= 0.3 is 0 Å². The molecule has 1 unspecified atom stereocenters. The van der Waals surface area contributed by atoms with Crippen molar-refractivity contribution in [1.29, 1.82) is 0 Å². The van der Waals surface area contributed by atoms with E-state index in [1.165, 1.54) is 17.7 Å². The van der Waals surface area contributed by atoms with E-state index in [9.17, 15) is 4.39 Å². The Hall–Kier alpha value is -2.09. The lowest BCUT2D eigenvalue weighted by molar-refractivity contribution is 0.414. The molecule has 0 aromatic heterocycles. The highest BCUT2D eigenvalue weighted by atomic mass is 19.1. The number of benzene rings is 2. The normalized spacial score (nSPS) is 11.9. The van der Waals surface area contributed by atoms with Crippen LogP contribution in [-0.4, -0.2) is 7.11 Å². The van der Waals surface area contributed by atoms with Crippen molar-refractivity contribution in [3.8, 4) is 5.75 Å². The van der Waals surface area contributed by atoms with Gasteiger partial charge < -0.3 is 4.74 Å². The van der Waals surface area contributed by atoms with E-state index >= 15 is 0 Å². The van der Waals surface area contributed by atoms with Crippen LogP contribution in [-0.2, 0) is 0 Å². The highest BCUT2D eigenvalue weighted by Gasteiger charge is 2.12. The fourth-order valence-corrected chi connectivity index (χ4v) is 2.16. The lowest BCUT2D eigenvalue weighted by Crippen LogP contribution is -2.00. The van der Waals surface area contributed by atoms with Gasteiger partial charge in [-0.2, -0.15) is 0 Å². The van der Waals surface area contributed by atoms with Crippen molar-refractivity contribution in [2.75, 3.05) is 7.11 Å². The van der Waals surface area contributed by atoms with Crippen LogP contribution in [0.3, 0.4) is 0 Å². The van der Waals surface area contributed by atoms with Crippen molar-refractivity contribution in [2.45, 2.75) is 12.3 Å². The standard InChI is InChI=1S/C17H17FO/c1-3-4-17(13-5-9-15(18)10-6-13)14-7-11-16(19-2)12-8-14/h3,5-12,17H,1,4H2,2H3. The van der Waals surface area contributed by atoms with Gasteiger partial charge in [0.05, 0.1) is 7.11 Å². The summed E-state index contributed by atoms with van der Waals surface area (Å²) in [6.07, 6.45) is 2.70. The minimum Gasteiger partial charge on any atom is -0.497 e. The van der Waals surface area contributed by atoms with Crippen LogP contribution < -0.4 is 4.74 Å². The maximum Gasteiger partial charge on any atom is 0.123 e. The van der Waals surface area contributed by atoms with Gasteiger partial charge in [-0.25, -0.2) is 4.39 Å². The summed E-state index contributed by atoms with van der Waals surface area (Å²) < 4.78 is 18.2. The fraction of sp³-hybridized carbons (Fsp3) is 0.176. The summed E-state index contributed by atoms with van der Waals surface area (Å²) in [5.41, 5.74) is 2.26. The van der Waals surface area contributed by atoms with Gasteiger partial charge in [-0.3, -0.25) is 0 Å². The largest absolute Gasteiger partial charge is 0.497 e. The second-order valence-electron chi connectivity index (χ2n) is 4.40. The van der Waals surface area contributed by atoms with E-state index in [0.717, 1.165) is 17.7 Å². The minimum atomic E-state index is -0.212. The number of hydrogen-bond acceptors (Lipinski definition) is 1. The lowest BCUT2D eigenvalue weighted by Gasteiger charge is -2.16. The molecule has 1 nitrogen and oxygen atoms in total. The zero-order valence-corrected chi connectivity index (χ0v) is 11.0. The maximum atomic E-state index is 13.0. The molecule has 0 N–H and O–H groups in total. The summed E-state index contributed by atoms with van der Waals surface area (Å²) in [7, 11) is 1.65. The molecule has 0 spiro atoms. The average Bonchev–Trinajstić information content (AvgIpc) is 2.46. The Morgan fingerprint density at radius 2 is 1.58 bits per heavy atom. The van der Waals surface area contributed by atoms with Crippen LogP contribution in [0.5, 0.6) is 5.75 Å². The first-order chi connectivity index (χ1) is 9.24. The molecule has 2 aromatic carbocycles. The molecule has 0 aliphatic heterocycles. The third kappa shape index (κ3) is 3.22. The van der Waals surface area contributed by atoms with Gasteiger partial charge in [0.15, 0.2) is 0 Å². The van der Waals surface area contributed by atoms with Gasteiger partial charge in [0.2, 0.25) is 0 Å². The molecule has 0 bridgehead atoms. The predicted octanol–water partition coefficient (Wildman–Crippen LogP) is 4.54. The molecule has 0 radical (unpaired) electrons. The molecule has 0 heterocycles. The Balaban J connectivity index is 2.32. The molecule has 98 valence electrons. The number of allylic oxidation sites excluding steroid dienone is 1. The number of ether oxygens (including phenoxy) is 1. The quantitative estimate of drug-likeness (QED) is 0.713. The van der Waals surface area contributed by atoms with Gasteiger partial charge in [0.1, 0.15) is 11.6 Å². The molecule has 0 amide bonds. The summed E-state index contributed by atoms with van der Waals surface area (Å²) in [4.78, 5) is 0. The van der Waals surface area contributed by atoms with Gasteiger partial charge in [-0.05, 0) is 41.8 Å². The van der Waals surface area contributed by atoms with Gasteiger partial charge in [0.25, 0.3) is 0 Å². The van der Waals surface area contributed by atoms with E-state index < -0.39 is 0 Å². The number of hydrogen-bond donors (Lipinski definition) is 0. The number of rotatable bonds is 5. The second kappa shape index (κ2) is 6.19. The highest BCUT2D eigenvalue weighted by Crippen LogP contribution is 2.29. The molecular weight excluding hydrogens is 239 g/mol. The highest BCUT2D eigenvalue weighted by molar-refractivity contribution is 5.36. The van der Waals surface area contributed by atoms with Crippen molar-refractivity contribution in [3.05, 3.63) is 78.1 Å². The Kier molecular flexibility index (Phi) is 4.35. The minimum absolute atomic E-state index is 0.198. The molecule has 2 rings (SSSR count). The first-order valence-corrected chi connectivity index (χ1v) is 6.25. The Morgan fingerprint density at radius 3 is 2.05 bits per heavy atom. The summed E-state index contributed by atoms with van der Waals surface area (Å²) in [5, 5.41) is 0. The molecule has 1 atom stereocenters. The van der Waals surface area contributed by atoms with Crippen LogP contribution >= 0.6 is 0 Å². The molecule has 0 saturated heterocycles. The van der Waals surface area contributed by atoms with E-state index in [1.54, 1.807) is 7.11 Å². The molecule has 0 fully saturated rings. The van der Waals surface area contributed by atoms with E-state index in [-0.39, 0.29) is 11.7 Å². The molecule has 0 aliphatic rings. The molecule has 2 heteroatoms. The smallest absolute Gasteiger partial charge is 0.123 e. The zero-order chi connectivity index (χ0) is 13.7. The fourth-order valence-electron chi connectivity index (χ4n) is 2.16. The molecular formula is C17H17FO. The van der Waals surface area contributed by atoms with Gasteiger partial charge in [-0.15, -0.1) is 6.58 Å². The topological polar surface area (TPSA) is 9.23 Å². The average molecular weight is 256 g/mol. The van der Waals surface area contributed by atoms with Crippen molar-refractivity contribution in [1.82, 2.24) is 0 Å². The third-order valence-electron chi connectivity index (χ3n) is 3.19. The van der Waals surface area contributed by atoms with E-state index in [4.69, 9.17) is 4.74 Å². The van der Waals surface area contributed by atoms with Crippen LogP contribution in [0.25, 0.3) is 0 Å². The van der Waals surface area contributed by atoms with Crippen molar-refractivity contribution >= 4 is 0 Å². The summed E-state index contributed by atoms with van der Waals surface area (Å²) in [6, 6.07) is 14.6.